The molecule has 0 aliphatic rings. The minimum absolute atomic E-state index is 0.00192. The molecule has 0 bridgehead atoms. The third-order valence-electron chi connectivity index (χ3n) is 3.55. The van der Waals surface area contributed by atoms with E-state index in [-0.39, 0.29) is 17.3 Å². The summed E-state index contributed by atoms with van der Waals surface area (Å²) >= 11 is 0. The topological polar surface area (TPSA) is 125 Å². The largest absolute Gasteiger partial charge is 0.382 e. The summed E-state index contributed by atoms with van der Waals surface area (Å²) in [6.45, 7) is 0. The monoisotopic (exact) mass is 312 g/mol. The highest BCUT2D eigenvalue weighted by atomic mass is 15.0. The van der Waals surface area contributed by atoms with Gasteiger partial charge in [0.1, 0.15) is 17.5 Å². The average Bonchev–Trinajstić information content (AvgIpc) is 2.61. The summed E-state index contributed by atoms with van der Waals surface area (Å²) in [7, 11) is 0. The van der Waals surface area contributed by atoms with Crippen molar-refractivity contribution in [3.05, 3.63) is 59.7 Å². The molecule has 3 aromatic rings. The average molecular weight is 312 g/mol. The minimum Gasteiger partial charge on any atom is -0.382 e. The van der Waals surface area contributed by atoms with Gasteiger partial charge < -0.3 is 11.5 Å². The first kappa shape index (κ1) is 15.0. The van der Waals surface area contributed by atoms with Crippen LogP contribution in [0.2, 0.25) is 0 Å². The molecule has 0 saturated heterocycles. The molecule has 0 fully saturated rings. The van der Waals surface area contributed by atoms with E-state index in [1.165, 1.54) is 0 Å². The van der Waals surface area contributed by atoms with Crippen LogP contribution in [0.15, 0.2) is 48.5 Å². The van der Waals surface area contributed by atoms with Gasteiger partial charge in [0, 0.05) is 5.56 Å². The molecule has 2 aromatic carbocycles. The molecule has 0 unspecified atom stereocenters. The van der Waals surface area contributed by atoms with Crippen molar-refractivity contribution in [3.8, 4) is 34.5 Å². The van der Waals surface area contributed by atoms with Gasteiger partial charge in [-0.2, -0.15) is 15.5 Å². The fourth-order valence-corrected chi connectivity index (χ4v) is 2.50. The number of rotatable bonds is 2. The second-order valence-electron chi connectivity index (χ2n) is 5.04. The first-order chi connectivity index (χ1) is 11.6. The van der Waals surface area contributed by atoms with Gasteiger partial charge >= 0.3 is 0 Å². The fraction of sp³-hybridized carbons (Fsp3) is 0. The van der Waals surface area contributed by atoms with Crippen LogP contribution in [0.4, 0.5) is 11.8 Å². The molecule has 24 heavy (non-hydrogen) atoms. The standard InChI is InChI=1S/C18H12N6/c19-9-11-4-3-5-12(8-11)13-6-1-2-7-14(13)16-15(10-20)17(21)24-18(22)23-16/h1-8H,(H4,21,22,23,24). The van der Waals surface area contributed by atoms with Crippen LogP contribution in [0.5, 0.6) is 0 Å². The normalized spacial score (nSPS) is 9.92. The Morgan fingerprint density at radius 1 is 0.833 bits per heavy atom. The molecular formula is C18H12N6. The highest BCUT2D eigenvalue weighted by molar-refractivity contribution is 5.86. The van der Waals surface area contributed by atoms with Crippen LogP contribution in [0.3, 0.4) is 0 Å². The quantitative estimate of drug-likeness (QED) is 0.749. The molecule has 0 radical (unpaired) electrons. The van der Waals surface area contributed by atoms with Gasteiger partial charge in [0.2, 0.25) is 5.95 Å². The van der Waals surface area contributed by atoms with Gasteiger partial charge in [0.25, 0.3) is 0 Å². The summed E-state index contributed by atoms with van der Waals surface area (Å²) in [4.78, 5) is 8.04. The molecule has 1 aromatic heterocycles. The molecule has 0 aliphatic heterocycles. The van der Waals surface area contributed by atoms with E-state index in [1.54, 1.807) is 18.2 Å². The van der Waals surface area contributed by atoms with Gasteiger partial charge in [0.05, 0.1) is 17.3 Å². The molecule has 1 heterocycles. The summed E-state index contributed by atoms with van der Waals surface area (Å²) < 4.78 is 0. The molecule has 6 nitrogen and oxygen atoms in total. The number of hydrogen-bond donors (Lipinski definition) is 2. The maximum absolute atomic E-state index is 9.40. The SMILES string of the molecule is N#Cc1cccc(-c2ccccc2-c2nc(N)nc(N)c2C#N)c1. The summed E-state index contributed by atoms with van der Waals surface area (Å²) in [6, 6.07) is 18.8. The zero-order valence-electron chi connectivity index (χ0n) is 12.6. The second kappa shape index (κ2) is 6.07. The number of aromatic nitrogens is 2. The lowest BCUT2D eigenvalue weighted by Crippen LogP contribution is -2.05. The first-order valence-corrected chi connectivity index (χ1v) is 7.07. The van der Waals surface area contributed by atoms with Crippen molar-refractivity contribution in [1.29, 1.82) is 10.5 Å². The number of nitrogens with two attached hydrogens (primary N) is 2. The third-order valence-corrected chi connectivity index (χ3v) is 3.55. The van der Waals surface area contributed by atoms with E-state index < -0.39 is 0 Å². The maximum atomic E-state index is 9.40. The van der Waals surface area contributed by atoms with Crippen LogP contribution >= 0.6 is 0 Å². The van der Waals surface area contributed by atoms with E-state index in [4.69, 9.17) is 16.7 Å². The lowest BCUT2D eigenvalue weighted by Gasteiger charge is -2.12. The molecule has 114 valence electrons. The number of nitrogens with zero attached hydrogens (tertiary/aromatic N) is 4. The highest BCUT2D eigenvalue weighted by Crippen LogP contribution is 2.34. The minimum atomic E-state index is 0.00192. The Morgan fingerprint density at radius 2 is 1.58 bits per heavy atom. The number of benzene rings is 2. The summed E-state index contributed by atoms with van der Waals surface area (Å²) in [5, 5.41) is 18.5. The van der Waals surface area contributed by atoms with Crippen molar-refractivity contribution in [3.63, 3.8) is 0 Å². The van der Waals surface area contributed by atoms with Crippen molar-refractivity contribution >= 4 is 11.8 Å². The number of nitriles is 2. The number of nitrogen functional groups attached to an aromatic ring is 2. The van der Waals surface area contributed by atoms with Crippen molar-refractivity contribution in [2.45, 2.75) is 0 Å². The molecular weight excluding hydrogens is 300 g/mol. The highest BCUT2D eigenvalue weighted by Gasteiger charge is 2.16. The molecule has 0 spiro atoms. The molecule has 0 amide bonds. The third kappa shape index (κ3) is 2.60. The van der Waals surface area contributed by atoms with Crippen molar-refractivity contribution in [2.75, 3.05) is 11.5 Å². The van der Waals surface area contributed by atoms with Crippen LogP contribution in [0.25, 0.3) is 22.4 Å². The van der Waals surface area contributed by atoms with Gasteiger partial charge in [-0.25, -0.2) is 4.98 Å². The molecule has 3 rings (SSSR count). The van der Waals surface area contributed by atoms with E-state index >= 15 is 0 Å². The lowest BCUT2D eigenvalue weighted by molar-refractivity contribution is 1.18. The Labute approximate surface area is 138 Å². The summed E-state index contributed by atoms with van der Waals surface area (Å²) in [6.07, 6.45) is 0. The fourth-order valence-electron chi connectivity index (χ4n) is 2.50. The van der Waals surface area contributed by atoms with Crippen molar-refractivity contribution < 1.29 is 0 Å². The van der Waals surface area contributed by atoms with Crippen LogP contribution in [0.1, 0.15) is 11.1 Å². The van der Waals surface area contributed by atoms with Gasteiger partial charge in [-0.15, -0.1) is 0 Å². The van der Waals surface area contributed by atoms with Crippen LogP contribution < -0.4 is 11.5 Å². The van der Waals surface area contributed by atoms with E-state index in [1.807, 2.05) is 36.4 Å². The van der Waals surface area contributed by atoms with Gasteiger partial charge in [-0.3, -0.25) is 0 Å². The Morgan fingerprint density at radius 3 is 2.29 bits per heavy atom. The van der Waals surface area contributed by atoms with E-state index in [0.29, 0.717) is 16.8 Å². The first-order valence-electron chi connectivity index (χ1n) is 7.07. The lowest BCUT2D eigenvalue weighted by atomic mass is 9.95. The van der Waals surface area contributed by atoms with E-state index in [0.717, 1.165) is 11.1 Å². The maximum Gasteiger partial charge on any atom is 0.222 e. The Bertz CT molecular complexity index is 1010. The van der Waals surface area contributed by atoms with Crippen LogP contribution in [-0.2, 0) is 0 Å². The summed E-state index contributed by atoms with van der Waals surface area (Å²) in [5.41, 5.74) is 15.0. The van der Waals surface area contributed by atoms with Gasteiger partial charge in [0.15, 0.2) is 0 Å². The van der Waals surface area contributed by atoms with E-state index in [9.17, 15) is 5.26 Å². The Kier molecular flexibility index (Phi) is 3.80. The van der Waals surface area contributed by atoms with E-state index in [2.05, 4.69) is 16.0 Å². The Balaban J connectivity index is 2.29. The zero-order chi connectivity index (χ0) is 17.1. The van der Waals surface area contributed by atoms with Crippen molar-refractivity contribution in [2.24, 2.45) is 0 Å². The Hall–Kier alpha value is -3.90. The number of hydrogen-bond acceptors (Lipinski definition) is 6. The molecule has 0 aliphatic carbocycles. The smallest absolute Gasteiger partial charge is 0.222 e. The molecule has 0 saturated carbocycles. The van der Waals surface area contributed by atoms with Crippen LogP contribution in [0, 0.1) is 22.7 Å². The summed E-state index contributed by atoms with van der Waals surface area (Å²) in [5.74, 6) is 0.0441. The van der Waals surface area contributed by atoms with Crippen LogP contribution in [-0.4, -0.2) is 9.97 Å². The zero-order valence-corrected chi connectivity index (χ0v) is 12.6. The van der Waals surface area contributed by atoms with Gasteiger partial charge in [-0.05, 0) is 23.3 Å². The number of anilines is 2. The predicted octanol–water partition coefficient (Wildman–Crippen LogP) is 2.72. The molecule has 6 heteroatoms. The second-order valence-corrected chi connectivity index (χ2v) is 5.04. The predicted molar refractivity (Wildman–Crippen MR) is 91.2 cm³/mol. The molecule has 4 N–H and O–H groups in total. The molecule has 0 atom stereocenters. The van der Waals surface area contributed by atoms with Crippen molar-refractivity contribution in [1.82, 2.24) is 9.97 Å². The van der Waals surface area contributed by atoms with Gasteiger partial charge in [-0.1, -0.05) is 36.4 Å².